The Morgan fingerprint density at radius 1 is 1.26 bits per heavy atom. The average Bonchev–Trinajstić information content (AvgIpc) is 2.80. The largest absolute Gasteiger partial charge is 0.489 e. The third-order valence-corrected chi connectivity index (χ3v) is 6.20. The van der Waals surface area contributed by atoms with E-state index in [-0.39, 0.29) is 18.8 Å². The molecule has 1 amide bonds. The molecule has 1 aromatic heterocycles. The number of halogens is 2. The molecule has 31 heavy (non-hydrogen) atoms. The number of aromatic nitrogens is 1. The maximum Gasteiger partial charge on any atom is 0.410 e. The molecular formula is C23H19BrClN3O3. The number of pyridine rings is 1. The molecule has 3 aromatic rings. The predicted molar refractivity (Wildman–Crippen MR) is 121 cm³/mol. The monoisotopic (exact) mass is 499 g/mol. The molecule has 8 heteroatoms. The maximum atomic E-state index is 12.3. The molecule has 0 unspecified atom stereocenters. The van der Waals surface area contributed by atoms with Crippen LogP contribution in [0.25, 0.3) is 10.9 Å². The van der Waals surface area contributed by atoms with Crippen LogP contribution in [0, 0.1) is 11.3 Å². The quantitative estimate of drug-likeness (QED) is 0.459. The third-order valence-electron chi connectivity index (χ3n) is 5.18. The highest BCUT2D eigenvalue weighted by Gasteiger charge is 2.25. The molecule has 0 saturated carbocycles. The summed E-state index contributed by atoms with van der Waals surface area (Å²) in [7, 11) is 0. The second kappa shape index (κ2) is 9.54. The molecule has 6 nitrogen and oxygen atoms in total. The summed E-state index contributed by atoms with van der Waals surface area (Å²) in [6.07, 6.45) is 2.49. The molecule has 158 valence electrons. The summed E-state index contributed by atoms with van der Waals surface area (Å²) in [6.45, 7) is 1.38. The number of carbonyl (C=O) groups excluding carboxylic acids is 1. The number of nitriles is 1. The highest BCUT2D eigenvalue weighted by molar-refractivity contribution is 9.10. The number of likely N-dealkylation sites (tertiary alicyclic amines) is 1. The Hall–Kier alpha value is -2.82. The highest BCUT2D eigenvalue weighted by atomic mass is 79.9. The van der Waals surface area contributed by atoms with E-state index in [0.717, 1.165) is 10.0 Å². The van der Waals surface area contributed by atoms with Crippen LogP contribution >= 0.6 is 27.5 Å². The zero-order valence-corrected chi connectivity index (χ0v) is 18.9. The zero-order chi connectivity index (χ0) is 21.8. The SMILES string of the molecule is N#Cc1cnc2cc(Br)c(OC3CCN(C(=O)OCc4ccccc4)CC3)cc2c1Cl. The molecule has 2 aromatic carbocycles. The van der Waals surface area contributed by atoms with Gasteiger partial charge in [0.15, 0.2) is 0 Å². The van der Waals surface area contributed by atoms with Crippen LogP contribution in [0.15, 0.2) is 53.1 Å². The number of nitrogens with zero attached hydrogens (tertiary/aromatic N) is 3. The first-order valence-electron chi connectivity index (χ1n) is 9.85. The van der Waals surface area contributed by atoms with Gasteiger partial charge in [-0.25, -0.2) is 4.79 Å². The number of amides is 1. The van der Waals surface area contributed by atoms with Gasteiger partial charge in [-0.2, -0.15) is 5.26 Å². The van der Waals surface area contributed by atoms with Gasteiger partial charge in [-0.15, -0.1) is 0 Å². The second-order valence-corrected chi connectivity index (χ2v) is 8.47. The summed E-state index contributed by atoms with van der Waals surface area (Å²) in [5.41, 5.74) is 1.96. The van der Waals surface area contributed by atoms with E-state index in [2.05, 4.69) is 20.9 Å². The fourth-order valence-electron chi connectivity index (χ4n) is 3.48. The minimum absolute atomic E-state index is 0.0437. The van der Waals surface area contributed by atoms with E-state index in [1.807, 2.05) is 42.5 Å². The van der Waals surface area contributed by atoms with E-state index in [9.17, 15) is 10.1 Å². The van der Waals surface area contributed by atoms with Gasteiger partial charge < -0.3 is 14.4 Å². The number of fused-ring (bicyclic) bond motifs is 1. The molecule has 4 rings (SSSR count). The molecule has 0 radical (unpaired) electrons. The Balaban J connectivity index is 1.37. The van der Waals surface area contributed by atoms with Crippen molar-refractivity contribution in [2.75, 3.05) is 13.1 Å². The smallest absolute Gasteiger partial charge is 0.410 e. The van der Waals surface area contributed by atoms with Crippen LogP contribution < -0.4 is 4.74 Å². The molecular weight excluding hydrogens is 482 g/mol. The summed E-state index contributed by atoms with van der Waals surface area (Å²) in [4.78, 5) is 18.3. The van der Waals surface area contributed by atoms with Crippen molar-refractivity contribution in [2.24, 2.45) is 0 Å². The van der Waals surface area contributed by atoms with Gasteiger partial charge in [-0.05, 0) is 33.6 Å². The van der Waals surface area contributed by atoms with Crippen molar-refractivity contribution < 1.29 is 14.3 Å². The number of benzene rings is 2. The molecule has 1 aliphatic rings. The van der Waals surface area contributed by atoms with E-state index < -0.39 is 0 Å². The van der Waals surface area contributed by atoms with Gasteiger partial charge in [-0.3, -0.25) is 4.98 Å². The normalized spacial score (nSPS) is 14.3. The minimum atomic E-state index is -0.309. The number of rotatable bonds is 4. The summed E-state index contributed by atoms with van der Waals surface area (Å²) in [5, 5.41) is 10.2. The maximum absolute atomic E-state index is 12.3. The van der Waals surface area contributed by atoms with Crippen molar-refractivity contribution in [1.82, 2.24) is 9.88 Å². The van der Waals surface area contributed by atoms with Crippen LogP contribution in [0.4, 0.5) is 4.79 Å². The number of ether oxygens (including phenoxy) is 2. The van der Waals surface area contributed by atoms with E-state index in [1.54, 1.807) is 11.0 Å². The second-order valence-electron chi connectivity index (χ2n) is 7.24. The minimum Gasteiger partial charge on any atom is -0.489 e. The molecule has 2 heterocycles. The first-order valence-corrected chi connectivity index (χ1v) is 11.0. The fraction of sp³-hybridized carbons (Fsp3) is 0.261. The first-order chi connectivity index (χ1) is 15.0. The van der Waals surface area contributed by atoms with Gasteiger partial charge >= 0.3 is 6.09 Å². The van der Waals surface area contributed by atoms with E-state index in [0.29, 0.717) is 53.2 Å². The van der Waals surface area contributed by atoms with Crippen molar-refractivity contribution in [3.05, 3.63) is 69.3 Å². The molecule has 0 spiro atoms. The predicted octanol–water partition coefficient (Wildman–Crippen LogP) is 5.70. The third kappa shape index (κ3) is 4.92. The van der Waals surface area contributed by atoms with Gasteiger partial charge in [0.05, 0.1) is 20.6 Å². The summed E-state index contributed by atoms with van der Waals surface area (Å²) in [5.74, 6) is 0.636. The van der Waals surface area contributed by atoms with Crippen LogP contribution in [0.5, 0.6) is 5.75 Å². The fourth-order valence-corrected chi connectivity index (χ4v) is 4.14. The van der Waals surface area contributed by atoms with E-state index >= 15 is 0 Å². The Labute approximate surface area is 193 Å². The van der Waals surface area contributed by atoms with Crippen molar-refractivity contribution in [2.45, 2.75) is 25.6 Å². The molecule has 1 fully saturated rings. The van der Waals surface area contributed by atoms with Crippen LogP contribution in [0.3, 0.4) is 0 Å². The molecule has 0 atom stereocenters. The Morgan fingerprint density at radius 2 is 2.00 bits per heavy atom. The number of carbonyl (C=O) groups is 1. The van der Waals surface area contributed by atoms with Crippen molar-refractivity contribution in [1.29, 1.82) is 5.26 Å². The average molecular weight is 501 g/mol. The van der Waals surface area contributed by atoms with Gasteiger partial charge in [0.2, 0.25) is 0 Å². The lowest BCUT2D eigenvalue weighted by molar-refractivity contribution is 0.0637. The summed E-state index contributed by atoms with van der Waals surface area (Å²) in [6, 6.07) is 15.3. The van der Waals surface area contributed by atoms with Crippen molar-refractivity contribution in [3.63, 3.8) is 0 Å². The number of piperidine rings is 1. The van der Waals surface area contributed by atoms with Crippen LogP contribution in [-0.4, -0.2) is 35.2 Å². The van der Waals surface area contributed by atoms with Crippen molar-refractivity contribution in [3.8, 4) is 11.8 Å². The highest BCUT2D eigenvalue weighted by Crippen LogP contribution is 2.35. The van der Waals surface area contributed by atoms with Gasteiger partial charge in [-0.1, -0.05) is 41.9 Å². The Kier molecular flexibility index (Phi) is 6.59. The first kappa shape index (κ1) is 21.4. The topological polar surface area (TPSA) is 75.5 Å². The zero-order valence-electron chi connectivity index (χ0n) is 16.6. The molecule has 0 aliphatic carbocycles. The van der Waals surface area contributed by atoms with E-state index in [4.69, 9.17) is 21.1 Å². The molecule has 1 saturated heterocycles. The van der Waals surface area contributed by atoms with E-state index in [1.165, 1.54) is 6.20 Å². The van der Waals surface area contributed by atoms with Crippen LogP contribution in [0.1, 0.15) is 24.0 Å². The number of hydrogen-bond donors (Lipinski definition) is 0. The summed E-state index contributed by atoms with van der Waals surface area (Å²) < 4.78 is 12.4. The van der Waals surface area contributed by atoms with Crippen LogP contribution in [-0.2, 0) is 11.3 Å². The lowest BCUT2D eigenvalue weighted by Crippen LogP contribution is -2.42. The lowest BCUT2D eigenvalue weighted by Gasteiger charge is -2.31. The van der Waals surface area contributed by atoms with Gasteiger partial charge in [0, 0.05) is 37.5 Å². The van der Waals surface area contributed by atoms with Crippen LogP contribution in [0.2, 0.25) is 5.02 Å². The molecule has 0 N–H and O–H groups in total. The standard InChI is InChI=1S/C23H19BrClN3O3/c24-19-11-20-18(22(25)16(12-26)13-27-20)10-21(19)31-17-6-8-28(9-7-17)23(29)30-14-15-4-2-1-3-5-15/h1-5,10-11,13,17H,6-9,14H2. The van der Waals surface area contributed by atoms with Crippen molar-refractivity contribution >= 4 is 44.5 Å². The molecule has 1 aliphatic heterocycles. The number of hydrogen-bond acceptors (Lipinski definition) is 5. The Morgan fingerprint density at radius 3 is 2.71 bits per heavy atom. The summed E-state index contributed by atoms with van der Waals surface area (Å²) >= 11 is 9.87. The van der Waals surface area contributed by atoms with Gasteiger partial charge in [0.25, 0.3) is 0 Å². The van der Waals surface area contributed by atoms with Gasteiger partial charge in [0.1, 0.15) is 24.5 Å². The molecule has 0 bridgehead atoms. The Bertz CT molecular complexity index is 1140. The lowest BCUT2D eigenvalue weighted by atomic mass is 10.1.